The van der Waals surface area contributed by atoms with Crippen LogP contribution in [0.4, 0.5) is 0 Å². The van der Waals surface area contributed by atoms with E-state index in [0.717, 1.165) is 36.6 Å². The number of hydrogen-bond acceptors (Lipinski definition) is 2. The fraction of sp³-hybridized carbons (Fsp3) is 0.600. The molecule has 0 amide bonds. The predicted molar refractivity (Wildman–Crippen MR) is 73.7 cm³/mol. The van der Waals surface area contributed by atoms with Crippen molar-refractivity contribution in [2.24, 2.45) is 5.41 Å². The molecule has 0 spiro atoms. The van der Waals surface area contributed by atoms with Crippen LogP contribution in [0.2, 0.25) is 5.02 Å². The predicted octanol–water partition coefficient (Wildman–Crippen LogP) is 4.37. The van der Waals surface area contributed by atoms with E-state index in [0.29, 0.717) is 0 Å². The van der Waals surface area contributed by atoms with Crippen LogP contribution >= 0.6 is 11.6 Å². The summed E-state index contributed by atoms with van der Waals surface area (Å²) in [5.74, 6) is -0.604. The van der Waals surface area contributed by atoms with Crippen molar-refractivity contribution >= 4 is 11.6 Å². The summed E-state index contributed by atoms with van der Waals surface area (Å²) < 4.78 is 11.9. The smallest absolute Gasteiger partial charge is 0.202 e. The molecule has 100 valence electrons. The van der Waals surface area contributed by atoms with Crippen LogP contribution in [0.25, 0.3) is 0 Å². The van der Waals surface area contributed by atoms with Crippen molar-refractivity contribution < 1.29 is 9.47 Å². The average molecular weight is 269 g/mol. The molecule has 1 fully saturated rings. The molecule has 1 heterocycles. The summed E-state index contributed by atoms with van der Waals surface area (Å²) in [6.07, 6.45) is 2.17. The third-order valence-corrected chi connectivity index (χ3v) is 3.81. The van der Waals surface area contributed by atoms with Crippen LogP contribution in [0, 0.1) is 5.41 Å². The monoisotopic (exact) mass is 268 g/mol. The van der Waals surface area contributed by atoms with Crippen molar-refractivity contribution in [2.45, 2.75) is 39.4 Å². The van der Waals surface area contributed by atoms with Gasteiger partial charge < -0.3 is 9.47 Å². The van der Waals surface area contributed by atoms with Crippen LogP contribution in [0.15, 0.2) is 24.3 Å². The van der Waals surface area contributed by atoms with E-state index in [1.54, 1.807) is 0 Å². The van der Waals surface area contributed by atoms with E-state index < -0.39 is 5.79 Å². The highest BCUT2D eigenvalue weighted by Gasteiger charge is 2.57. The molecule has 1 saturated heterocycles. The molecular formula is C15H21ClO2. The van der Waals surface area contributed by atoms with Crippen LogP contribution in [0.1, 0.15) is 39.2 Å². The van der Waals surface area contributed by atoms with Crippen LogP contribution in [-0.2, 0) is 15.3 Å². The lowest BCUT2D eigenvalue weighted by Gasteiger charge is -2.55. The second-order valence-electron chi connectivity index (χ2n) is 5.50. The molecule has 1 unspecified atom stereocenters. The Kier molecular flexibility index (Phi) is 4.00. The van der Waals surface area contributed by atoms with Gasteiger partial charge in [-0.05, 0) is 18.6 Å². The van der Waals surface area contributed by atoms with Gasteiger partial charge in [-0.3, -0.25) is 0 Å². The van der Waals surface area contributed by atoms with Gasteiger partial charge in [-0.1, -0.05) is 50.9 Å². The first-order valence-corrected chi connectivity index (χ1v) is 6.93. The van der Waals surface area contributed by atoms with Gasteiger partial charge in [0.15, 0.2) is 0 Å². The topological polar surface area (TPSA) is 18.5 Å². The number of ether oxygens (including phenoxy) is 2. The van der Waals surface area contributed by atoms with Crippen molar-refractivity contribution in [3.8, 4) is 0 Å². The number of halogens is 1. The Hall–Kier alpha value is -0.570. The SMILES string of the molecule is CCCCOC1(c2ccc(Cl)cc2)OCC1(C)C. The first-order chi connectivity index (χ1) is 8.52. The van der Waals surface area contributed by atoms with E-state index in [2.05, 4.69) is 20.8 Å². The van der Waals surface area contributed by atoms with Crippen LogP contribution in [0.3, 0.4) is 0 Å². The summed E-state index contributed by atoms with van der Waals surface area (Å²) in [5, 5.41) is 0.736. The zero-order chi connectivity index (χ0) is 13.2. The van der Waals surface area contributed by atoms with Gasteiger partial charge in [0.05, 0.1) is 13.2 Å². The zero-order valence-corrected chi connectivity index (χ0v) is 12.1. The van der Waals surface area contributed by atoms with E-state index in [1.807, 2.05) is 24.3 Å². The number of rotatable bonds is 5. The summed E-state index contributed by atoms with van der Waals surface area (Å²) in [5.41, 5.74) is 1.05. The van der Waals surface area contributed by atoms with Crippen LogP contribution in [0.5, 0.6) is 0 Å². The Labute approximate surface area is 114 Å². The number of hydrogen-bond donors (Lipinski definition) is 0. The third-order valence-electron chi connectivity index (χ3n) is 3.55. The van der Waals surface area contributed by atoms with Crippen molar-refractivity contribution in [3.05, 3.63) is 34.9 Å². The fourth-order valence-corrected chi connectivity index (χ4v) is 2.44. The third kappa shape index (κ3) is 2.29. The van der Waals surface area contributed by atoms with E-state index in [4.69, 9.17) is 21.1 Å². The van der Waals surface area contributed by atoms with Gasteiger partial charge in [0.2, 0.25) is 5.79 Å². The molecule has 18 heavy (non-hydrogen) atoms. The van der Waals surface area contributed by atoms with Crippen LogP contribution < -0.4 is 0 Å². The van der Waals surface area contributed by atoms with Gasteiger partial charge in [0, 0.05) is 16.0 Å². The summed E-state index contributed by atoms with van der Waals surface area (Å²) in [6, 6.07) is 7.77. The maximum atomic E-state index is 6.08. The second-order valence-corrected chi connectivity index (χ2v) is 5.93. The molecule has 0 N–H and O–H groups in total. The molecular weight excluding hydrogens is 248 g/mol. The van der Waals surface area contributed by atoms with Gasteiger partial charge in [0.1, 0.15) is 0 Å². The van der Waals surface area contributed by atoms with Crippen LogP contribution in [-0.4, -0.2) is 13.2 Å². The van der Waals surface area contributed by atoms with Crippen molar-refractivity contribution in [1.29, 1.82) is 0 Å². The van der Waals surface area contributed by atoms with Gasteiger partial charge in [-0.15, -0.1) is 0 Å². The molecule has 0 saturated carbocycles. The highest BCUT2D eigenvalue weighted by atomic mass is 35.5. The molecule has 1 aliphatic rings. The molecule has 1 aromatic carbocycles. The quantitative estimate of drug-likeness (QED) is 0.739. The van der Waals surface area contributed by atoms with Gasteiger partial charge in [-0.25, -0.2) is 0 Å². The Balaban J connectivity index is 2.23. The van der Waals surface area contributed by atoms with E-state index >= 15 is 0 Å². The average Bonchev–Trinajstić information content (AvgIpc) is 2.35. The van der Waals surface area contributed by atoms with Gasteiger partial charge >= 0.3 is 0 Å². The van der Waals surface area contributed by atoms with Crippen molar-refractivity contribution in [1.82, 2.24) is 0 Å². The highest BCUT2D eigenvalue weighted by molar-refractivity contribution is 6.30. The second kappa shape index (κ2) is 5.20. The molecule has 0 bridgehead atoms. The van der Waals surface area contributed by atoms with Gasteiger partial charge in [-0.2, -0.15) is 0 Å². The summed E-state index contributed by atoms with van der Waals surface area (Å²) in [6.45, 7) is 7.96. The van der Waals surface area contributed by atoms with E-state index in [-0.39, 0.29) is 5.41 Å². The Morgan fingerprint density at radius 2 is 1.94 bits per heavy atom. The molecule has 0 aromatic heterocycles. The molecule has 2 rings (SSSR count). The van der Waals surface area contributed by atoms with E-state index in [9.17, 15) is 0 Å². The zero-order valence-electron chi connectivity index (χ0n) is 11.3. The minimum atomic E-state index is -0.604. The standard InChI is InChI=1S/C15H21ClO2/c1-4-5-10-17-15(14(2,3)11-18-15)12-6-8-13(16)9-7-12/h6-9H,4-5,10-11H2,1-3H3. The molecule has 3 heteroatoms. The number of unbranched alkanes of at least 4 members (excludes halogenated alkanes) is 1. The molecule has 2 nitrogen and oxygen atoms in total. The lowest BCUT2D eigenvalue weighted by atomic mass is 9.75. The maximum Gasteiger partial charge on any atom is 0.202 e. The normalized spacial score (nSPS) is 25.8. The fourth-order valence-electron chi connectivity index (χ4n) is 2.32. The minimum absolute atomic E-state index is 0.00539. The van der Waals surface area contributed by atoms with Gasteiger partial charge in [0.25, 0.3) is 0 Å². The molecule has 0 radical (unpaired) electrons. The first kappa shape index (κ1) is 13.9. The number of benzene rings is 1. The largest absolute Gasteiger partial charge is 0.345 e. The summed E-state index contributed by atoms with van der Waals surface area (Å²) in [7, 11) is 0. The molecule has 0 aliphatic carbocycles. The lowest BCUT2D eigenvalue weighted by molar-refractivity contribution is -0.395. The maximum absolute atomic E-state index is 6.08. The summed E-state index contributed by atoms with van der Waals surface area (Å²) in [4.78, 5) is 0. The molecule has 1 atom stereocenters. The highest BCUT2D eigenvalue weighted by Crippen LogP contribution is 2.52. The van der Waals surface area contributed by atoms with Crippen molar-refractivity contribution in [2.75, 3.05) is 13.2 Å². The molecule has 1 aliphatic heterocycles. The van der Waals surface area contributed by atoms with Crippen molar-refractivity contribution in [3.63, 3.8) is 0 Å². The summed E-state index contributed by atoms with van der Waals surface area (Å²) >= 11 is 5.94. The minimum Gasteiger partial charge on any atom is -0.345 e. The van der Waals surface area contributed by atoms with E-state index in [1.165, 1.54) is 0 Å². The Morgan fingerprint density at radius 1 is 1.28 bits per heavy atom. The lowest BCUT2D eigenvalue weighted by Crippen LogP contribution is -2.59. The Bertz CT molecular complexity index is 399. The Morgan fingerprint density at radius 3 is 2.39 bits per heavy atom. The molecule has 1 aromatic rings. The first-order valence-electron chi connectivity index (χ1n) is 6.56.